The molecule has 4 unspecified atom stereocenters. The summed E-state index contributed by atoms with van der Waals surface area (Å²) >= 11 is 0. The van der Waals surface area contributed by atoms with Crippen molar-refractivity contribution in [3.8, 4) is 11.5 Å². The lowest BCUT2D eigenvalue weighted by molar-refractivity contribution is -0.176. The molecule has 2 heterocycles. The van der Waals surface area contributed by atoms with Crippen LogP contribution < -0.4 is 14.8 Å². The number of rotatable bonds is 15. The van der Waals surface area contributed by atoms with Crippen molar-refractivity contribution in [2.24, 2.45) is 11.8 Å². The normalized spacial score (nSPS) is 19.7. The Morgan fingerprint density at radius 1 is 1.09 bits per heavy atom. The van der Waals surface area contributed by atoms with Gasteiger partial charge in [0.05, 0.1) is 13.0 Å². The molecule has 0 aliphatic carbocycles. The molecule has 1 amide bonds. The molecule has 1 fully saturated rings. The Labute approximate surface area is 273 Å². The summed E-state index contributed by atoms with van der Waals surface area (Å²) in [5.41, 5.74) is 0.464. The maximum Gasteiger partial charge on any atom is 0.334 e. The third-order valence-corrected chi connectivity index (χ3v) is 7.06. The SMILES string of the molecule is CCCCOCC(=O)OCOc1c(OC)ccnc1C(=O)NC1COC(=O)C(Cc2ccccc2)C(OC(=O)C(C)C)C(C)OC1=O. The van der Waals surface area contributed by atoms with E-state index in [4.69, 9.17) is 33.2 Å². The lowest BCUT2D eigenvalue weighted by Gasteiger charge is -2.29. The third-order valence-electron chi connectivity index (χ3n) is 7.06. The Kier molecular flexibility index (Phi) is 14.4. The summed E-state index contributed by atoms with van der Waals surface area (Å²) < 4.78 is 37.9. The number of pyridine rings is 1. The van der Waals surface area contributed by atoms with Crippen LogP contribution in [0.3, 0.4) is 0 Å². The van der Waals surface area contributed by atoms with Crippen molar-refractivity contribution in [2.45, 2.75) is 65.2 Å². The Morgan fingerprint density at radius 2 is 1.83 bits per heavy atom. The summed E-state index contributed by atoms with van der Waals surface area (Å²) in [6.45, 7) is 5.74. The minimum atomic E-state index is -1.47. The Morgan fingerprint density at radius 3 is 2.51 bits per heavy atom. The van der Waals surface area contributed by atoms with Gasteiger partial charge < -0.3 is 38.5 Å². The van der Waals surface area contributed by atoms with Crippen molar-refractivity contribution in [1.82, 2.24) is 10.3 Å². The molecular weight excluding hydrogens is 616 g/mol. The number of hydrogen-bond acceptors (Lipinski definition) is 13. The molecule has 1 aliphatic rings. The molecule has 2 aromatic rings. The van der Waals surface area contributed by atoms with Crippen LogP contribution in [-0.2, 0) is 49.3 Å². The van der Waals surface area contributed by atoms with Gasteiger partial charge in [-0.1, -0.05) is 57.5 Å². The Balaban J connectivity index is 1.78. The minimum Gasteiger partial charge on any atom is -0.493 e. The monoisotopic (exact) mass is 658 g/mol. The zero-order chi connectivity index (χ0) is 34.3. The van der Waals surface area contributed by atoms with E-state index in [-0.39, 0.29) is 30.2 Å². The molecule has 4 atom stereocenters. The van der Waals surface area contributed by atoms with E-state index in [0.29, 0.717) is 6.61 Å². The molecule has 0 bridgehead atoms. The number of methoxy groups -OCH3 is 1. The first-order chi connectivity index (χ1) is 22.5. The largest absolute Gasteiger partial charge is 0.493 e. The lowest BCUT2D eigenvalue weighted by atomic mass is 9.91. The first-order valence-corrected chi connectivity index (χ1v) is 15.4. The molecule has 47 heavy (non-hydrogen) atoms. The number of nitrogens with zero attached hydrogens (tertiary/aromatic N) is 1. The lowest BCUT2D eigenvalue weighted by Crippen LogP contribution is -2.47. The van der Waals surface area contributed by atoms with Gasteiger partial charge in [0, 0.05) is 18.9 Å². The highest BCUT2D eigenvalue weighted by Gasteiger charge is 2.42. The molecule has 256 valence electrons. The van der Waals surface area contributed by atoms with Gasteiger partial charge in [0.25, 0.3) is 5.91 Å². The van der Waals surface area contributed by atoms with Crippen LogP contribution in [0.25, 0.3) is 0 Å². The molecule has 1 aromatic carbocycles. The van der Waals surface area contributed by atoms with Crippen LogP contribution in [0, 0.1) is 11.8 Å². The Hall–Kier alpha value is -4.72. The molecule has 1 N–H and O–H groups in total. The summed E-state index contributed by atoms with van der Waals surface area (Å²) in [6.07, 6.45) is 0.863. The number of benzene rings is 1. The third kappa shape index (κ3) is 10.9. The van der Waals surface area contributed by atoms with Crippen molar-refractivity contribution >= 4 is 29.8 Å². The van der Waals surface area contributed by atoms with Crippen LogP contribution in [0.5, 0.6) is 11.5 Å². The van der Waals surface area contributed by atoms with Crippen molar-refractivity contribution in [3.63, 3.8) is 0 Å². The van der Waals surface area contributed by atoms with E-state index in [2.05, 4.69) is 10.3 Å². The van der Waals surface area contributed by atoms with E-state index in [1.54, 1.807) is 26.0 Å². The summed E-state index contributed by atoms with van der Waals surface area (Å²) in [4.78, 5) is 68.8. The molecule has 0 spiro atoms. The maximum absolute atomic E-state index is 13.5. The second-order valence-corrected chi connectivity index (χ2v) is 11.0. The molecule has 1 aromatic heterocycles. The van der Waals surface area contributed by atoms with Crippen LogP contribution in [0.15, 0.2) is 42.6 Å². The van der Waals surface area contributed by atoms with Gasteiger partial charge in [-0.25, -0.2) is 14.6 Å². The van der Waals surface area contributed by atoms with Crippen LogP contribution >= 0.6 is 0 Å². The van der Waals surface area contributed by atoms with Crippen molar-refractivity contribution in [3.05, 3.63) is 53.9 Å². The number of ether oxygens (including phenoxy) is 7. The number of nitrogens with one attached hydrogen (secondary N) is 1. The molecule has 0 radical (unpaired) electrons. The average Bonchev–Trinajstić information content (AvgIpc) is 3.09. The van der Waals surface area contributed by atoms with Crippen LogP contribution in [0.4, 0.5) is 0 Å². The number of hydrogen-bond donors (Lipinski definition) is 1. The zero-order valence-corrected chi connectivity index (χ0v) is 27.2. The molecule has 14 heteroatoms. The number of unbranched alkanes of at least 4 members (excludes halogenated alkanes) is 1. The van der Waals surface area contributed by atoms with E-state index in [9.17, 15) is 24.0 Å². The molecule has 0 saturated carbocycles. The fourth-order valence-electron chi connectivity index (χ4n) is 4.47. The number of esters is 4. The first kappa shape index (κ1) is 36.7. The standard InChI is InChI=1S/C33H42N2O12/c1-6-7-15-42-18-26(36)44-19-45-29-25(41-5)13-14-34-27(29)30(37)35-24-17-43-32(39)23(16-22-11-9-8-10-12-22)28(21(4)46-33(24)40)47-31(38)20(2)3/h8-14,20-21,23-24,28H,6-7,15-19H2,1-5H3,(H,35,37). The highest BCUT2D eigenvalue weighted by Crippen LogP contribution is 2.30. The minimum absolute atomic E-state index is 0.0936. The van der Waals surface area contributed by atoms with E-state index < -0.39 is 73.3 Å². The smallest absolute Gasteiger partial charge is 0.334 e. The number of aromatic nitrogens is 1. The highest BCUT2D eigenvalue weighted by molar-refractivity contribution is 5.98. The van der Waals surface area contributed by atoms with Crippen LogP contribution in [0.1, 0.15) is 56.6 Å². The van der Waals surface area contributed by atoms with Crippen molar-refractivity contribution in [1.29, 1.82) is 0 Å². The predicted octanol–water partition coefficient (Wildman–Crippen LogP) is 2.80. The van der Waals surface area contributed by atoms with Crippen LogP contribution in [0.2, 0.25) is 0 Å². The summed E-state index contributed by atoms with van der Waals surface area (Å²) in [6, 6.07) is 9.00. The second-order valence-electron chi connectivity index (χ2n) is 11.0. The second kappa shape index (κ2) is 18.4. The predicted molar refractivity (Wildman–Crippen MR) is 164 cm³/mol. The van der Waals surface area contributed by atoms with Gasteiger partial charge in [-0.2, -0.15) is 0 Å². The maximum atomic E-state index is 13.5. The van der Waals surface area contributed by atoms with Gasteiger partial charge in [-0.15, -0.1) is 0 Å². The van der Waals surface area contributed by atoms with Gasteiger partial charge in [0.15, 0.2) is 29.3 Å². The van der Waals surface area contributed by atoms with Crippen LogP contribution in [-0.4, -0.2) is 86.7 Å². The summed E-state index contributed by atoms with van der Waals surface area (Å²) in [7, 11) is 1.34. The quantitative estimate of drug-likeness (QED) is 0.128. The summed E-state index contributed by atoms with van der Waals surface area (Å²) in [5, 5.41) is 2.47. The molecule has 14 nitrogen and oxygen atoms in total. The van der Waals surface area contributed by atoms with Gasteiger partial charge in [-0.3, -0.25) is 14.4 Å². The van der Waals surface area contributed by atoms with E-state index >= 15 is 0 Å². The molecule has 1 aliphatic heterocycles. The van der Waals surface area contributed by atoms with Crippen molar-refractivity contribution in [2.75, 3.05) is 33.7 Å². The summed E-state index contributed by atoms with van der Waals surface area (Å²) in [5.74, 6) is -5.45. The fourth-order valence-corrected chi connectivity index (χ4v) is 4.47. The number of amides is 1. The zero-order valence-electron chi connectivity index (χ0n) is 27.2. The van der Waals surface area contributed by atoms with E-state index in [1.165, 1.54) is 26.3 Å². The topological polar surface area (TPSA) is 175 Å². The van der Waals surface area contributed by atoms with E-state index in [0.717, 1.165) is 18.4 Å². The average molecular weight is 659 g/mol. The molecule has 3 rings (SSSR count). The Bertz CT molecular complexity index is 1370. The number of cyclic esters (lactones) is 2. The van der Waals surface area contributed by atoms with Gasteiger partial charge in [0.2, 0.25) is 6.79 Å². The fraction of sp³-hybridized carbons (Fsp3) is 0.515. The number of carbonyl (C=O) groups excluding carboxylic acids is 5. The first-order valence-electron chi connectivity index (χ1n) is 15.4. The highest BCUT2D eigenvalue weighted by atomic mass is 16.7. The van der Waals surface area contributed by atoms with Gasteiger partial charge >= 0.3 is 23.9 Å². The molecule has 1 saturated heterocycles. The molecular formula is C33H42N2O12. The van der Waals surface area contributed by atoms with Gasteiger partial charge in [0.1, 0.15) is 25.2 Å². The van der Waals surface area contributed by atoms with Gasteiger partial charge in [-0.05, 0) is 25.3 Å². The van der Waals surface area contributed by atoms with E-state index in [1.807, 2.05) is 25.1 Å². The van der Waals surface area contributed by atoms with Crippen molar-refractivity contribution < 1.29 is 57.1 Å². The number of carbonyl (C=O) groups is 5.